The highest BCUT2D eigenvalue weighted by atomic mass is 16.6. The molecule has 3 N–H and O–H groups in total. The zero-order valence-corrected chi connectivity index (χ0v) is 9.14. The Hall–Kier alpha value is -1.88. The maximum atomic E-state index is 11.2. The zero-order valence-electron chi connectivity index (χ0n) is 9.14. The Morgan fingerprint density at radius 2 is 1.75 bits per heavy atom. The summed E-state index contributed by atoms with van der Waals surface area (Å²) >= 11 is 0. The van der Waals surface area contributed by atoms with E-state index in [4.69, 9.17) is 4.74 Å². The number of para-hydroxylation sites is 1. The number of ether oxygens (including phenoxy) is 2. The van der Waals surface area contributed by atoms with Gasteiger partial charge in [0.15, 0.2) is 0 Å². The Morgan fingerprint density at radius 3 is 2.31 bits per heavy atom. The van der Waals surface area contributed by atoms with Crippen LogP contribution in [-0.2, 0) is 14.3 Å². The van der Waals surface area contributed by atoms with Gasteiger partial charge in [0.1, 0.15) is 12.2 Å². The van der Waals surface area contributed by atoms with Crippen molar-refractivity contribution in [2.45, 2.75) is 13.3 Å². The molecule has 88 valence electrons. The standard InChI is InChI=1S/C11H12O4.H3N/c1-2-14-10(12)8-11(13)15-9-6-4-3-5-7-9;/h3-7H,2,8H2,1H3;1H3. The van der Waals surface area contributed by atoms with Crippen molar-refractivity contribution in [1.29, 1.82) is 0 Å². The summed E-state index contributed by atoms with van der Waals surface area (Å²) in [5.41, 5.74) is 0. The van der Waals surface area contributed by atoms with Gasteiger partial charge in [-0.2, -0.15) is 0 Å². The minimum Gasteiger partial charge on any atom is -0.466 e. The van der Waals surface area contributed by atoms with Crippen LogP contribution in [0, 0.1) is 0 Å². The topological polar surface area (TPSA) is 87.6 Å². The van der Waals surface area contributed by atoms with Gasteiger partial charge < -0.3 is 15.6 Å². The average Bonchev–Trinajstić information content (AvgIpc) is 2.19. The van der Waals surface area contributed by atoms with E-state index in [0.717, 1.165) is 0 Å². The summed E-state index contributed by atoms with van der Waals surface area (Å²) in [6.45, 7) is 1.94. The molecule has 0 aromatic heterocycles. The van der Waals surface area contributed by atoms with Gasteiger partial charge in [-0.15, -0.1) is 0 Å². The van der Waals surface area contributed by atoms with Gasteiger partial charge in [0.05, 0.1) is 6.61 Å². The van der Waals surface area contributed by atoms with Crippen molar-refractivity contribution in [1.82, 2.24) is 6.15 Å². The molecule has 0 fully saturated rings. The molecule has 0 saturated heterocycles. The minimum absolute atomic E-state index is 0. The largest absolute Gasteiger partial charge is 0.466 e. The second kappa shape index (κ2) is 7.42. The normalized spacial score (nSPS) is 8.81. The number of carbonyl (C=O) groups is 2. The predicted octanol–water partition coefficient (Wildman–Crippen LogP) is 1.71. The lowest BCUT2D eigenvalue weighted by Gasteiger charge is -2.03. The van der Waals surface area contributed by atoms with Crippen LogP contribution in [0.4, 0.5) is 0 Å². The molecule has 5 heteroatoms. The summed E-state index contributed by atoms with van der Waals surface area (Å²) in [6, 6.07) is 8.58. The molecule has 0 saturated carbocycles. The summed E-state index contributed by atoms with van der Waals surface area (Å²) in [5.74, 6) is -0.759. The van der Waals surface area contributed by atoms with Crippen LogP contribution in [0.1, 0.15) is 13.3 Å². The first-order valence-electron chi connectivity index (χ1n) is 4.63. The molecule has 1 rings (SSSR count). The Labute approximate surface area is 93.9 Å². The van der Waals surface area contributed by atoms with Gasteiger partial charge in [-0.1, -0.05) is 18.2 Å². The average molecular weight is 225 g/mol. The Bertz CT molecular complexity index is 337. The molecule has 0 amide bonds. The summed E-state index contributed by atoms with van der Waals surface area (Å²) in [5, 5.41) is 0. The first-order chi connectivity index (χ1) is 7.22. The first-order valence-corrected chi connectivity index (χ1v) is 4.63. The highest BCUT2D eigenvalue weighted by Crippen LogP contribution is 2.09. The van der Waals surface area contributed by atoms with Crippen LogP contribution in [0.5, 0.6) is 5.75 Å². The van der Waals surface area contributed by atoms with E-state index in [-0.39, 0.29) is 19.2 Å². The smallest absolute Gasteiger partial charge is 0.322 e. The summed E-state index contributed by atoms with van der Waals surface area (Å²) in [4.78, 5) is 22.1. The van der Waals surface area contributed by atoms with Crippen LogP contribution in [0.2, 0.25) is 0 Å². The fourth-order valence-electron chi connectivity index (χ4n) is 0.986. The number of hydrogen-bond acceptors (Lipinski definition) is 5. The molecule has 0 bridgehead atoms. The van der Waals surface area contributed by atoms with Crippen LogP contribution in [0.25, 0.3) is 0 Å². The first kappa shape index (κ1) is 14.1. The second-order valence-electron chi connectivity index (χ2n) is 2.77. The second-order valence-corrected chi connectivity index (χ2v) is 2.77. The lowest BCUT2D eigenvalue weighted by Crippen LogP contribution is -2.15. The van der Waals surface area contributed by atoms with E-state index >= 15 is 0 Å². The molecule has 0 radical (unpaired) electrons. The van der Waals surface area contributed by atoms with Crippen molar-refractivity contribution in [3.05, 3.63) is 30.3 Å². The van der Waals surface area contributed by atoms with E-state index in [0.29, 0.717) is 5.75 Å². The monoisotopic (exact) mass is 225 g/mol. The van der Waals surface area contributed by atoms with Crippen LogP contribution in [0.3, 0.4) is 0 Å². The van der Waals surface area contributed by atoms with Crippen molar-refractivity contribution >= 4 is 11.9 Å². The molecule has 0 aliphatic carbocycles. The molecule has 16 heavy (non-hydrogen) atoms. The van der Waals surface area contributed by atoms with Crippen LogP contribution >= 0.6 is 0 Å². The van der Waals surface area contributed by atoms with Crippen molar-refractivity contribution in [3.63, 3.8) is 0 Å². The highest BCUT2D eigenvalue weighted by Gasteiger charge is 2.11. The van der Waals surface area contributed by atoms with E-state index in [1.807, 2.05) is 6.07 Å². The summed E-state index contributed by atoms with van der Waals surface area (Å²) in [7, 11) is 0. The molecule has 0 spiro atoms. The predicted molar refractivity (Wildman–Crippen MR) is 58.3 cm³/mol. The molecule has 1 aromatic rings. The maximum Gasteiger partial charge on any atom is 0.322 e. The zero-order chi connectivity index (χ0) is 11.1. The summed E-state index contributed by atoms with van der Waals surface area (Å²) < 4.78 is 9.50. The number of carbonyl (C=O) groups excluding carboxylic acids is 2. The molecule has 0 unspecified atom stereocenters. The maximum absolute atomic E-state index is 11.2. The molecule has 0 heterocycles. The number of benzene rings is 1. The molecule has 0 atom stereocenters. The van der Waals surface area contributed by atoms with Crippen LogP contribution in [0.15, 0.2) is 30.3 Å². The van der Waals surface area contributed by atoms with E-state index in [9.17, 15) is 9.59 Å². The minimum atomic E-state index is -0.611. The molecule has 1 aromatic carbocycles. The highest BCUT2D eigenvalue weighted by molar-refractivity contribution is 5.92. The third-order valence-corrected chi connectivity index (χ3v) is 1.57. The number of esters is 2. The summed E-state index contributed by atoms with van der Waals surface area (Å²) in [6.07, 6.45) is -0.358. The Kier molecular flexibility index (Phi) is 6.55. The van der Waals surface area contributed by atoms with E-state index in [1.54, 1.807) is 31.2 Å². The quantitative estimate of drug-likeness (QED) is 0.478. The van der Waals surface area contributed by atoms with Gasteiger partial charge in [0.25, 0.3) is 0 Å². The molecular formula is C11H15NO4. The Balaban J connectivity index is 0.00000225. The molecule has 0 aliphatic heterocycles. The Morgan fingerprint density at radius 1 is 1.12 bits per heavy atom. The van der Waals surface area contributed by atoms with Crippen molar-refractivity contribution in [3.8, 4) is 5.75 Å². The fourth-order valence-corrected chi connectivity index (χ4v) is 0.986. The van der Waals surface area contributed by atoms with Gasteiger partial charge in [0.2, 0.25) is 0 Å². The van der Waals surface area contributed by atoms with Crippen molar-refractivity contribution < 1.29 is 19.1 Å². The molecule has 0 aliphatic rings. The van der Waals surface area contributed by atoms with Gasteiger partial charge >= 0.3 is 11.9 Å². The molecule has 5 nitrogen and oxygen atoms in total. The van der Waals surface area contributed by atoms with E-state index < -0.39 is 11.9 Å². The number of hydrogen-bond donors (Lipinski definition) is 1. The van der Waals surface area contributed by atoms with Crippen LogP contribution in [-0.4, -0.2) is 18.5 Å². The fraction of sp³-hybridized carbons (Fsp3) is 0.273. The number of rotatable bonds is 4. The van der Waals surface area contributed by atoms with Crippen molar-refractivity contribution in [2.24, 2.45) is 0 Å². The lowest BCUT2D eigenvalue weighted by molar-refractivity contribution is -0.149. The van der Waals surface area contributed by atoms with Gasteiger partial charge in [0, 0.05) is 0 Å². The molecular weight excluding hydrogens is 210 g/mol. The van der Waals surface area contributed by atoms with Gasteiger partial charge in [-0.25, -0.2) is 0 Å². The van der Waals surface area contributed by atoms with E-state index in [1.165, 1.54) is 0 Å². The van der Waals surface area contributed by atoms with E-state index in [2.05, 4.69) is 4.74 Å². The van der Waals surface area contributed by atoms with Crippen molar-refractivity contribution in [2.75, 3.05) is 6.61 Å². The third-order valence-electron chi connectivity index (χ3n) is 1.57. The SMILES string of the molecule is CCOC(=O)CC(=O)Oc1ccccc1.N. The lowest BCUT2D eigenvalue weighted by atomic mass is 10.3. The third kappa shape index (κ3) is 5.11. The van der Waals surface area contributed by atoms with Gasteiger partial charge in [-0.05, 0) is 19.1 Å². The van der Waals surface area contributed by atoms with Gasteiger partial charge in [-0.3, -0.25) is 9.59 Å². The van der Waals surface area contributed by atoms with Crippen LogP contribution < -0.4 is 10.9 Å².